The van der Waals surface area contributed by atoms with Crippen molar-refractivity contribution in [1.82, 2.24) is 0 Å². The normalized spacial score (nSPS) is 17.8. The van der Waals surface area contributed by atoms with Crippen LogP contribution in [0.1, 0.15) is 23.5 Å². The predicted octanol–water partition coefficient (Wildman–Crippen LogP) is 5.93. The predicted molar refractivity (Wildman–Crippen MR) is 110 cm³/mol. The second kappa shape index (κ2) is 7.95. The number of carboxylic acid groups (broad SMARTS) is 1. The molecule has 1 fully saturated rings. The number of hydrogen-bond donors (Lipinski definition) is 2. The van der Waals surface area contributed by atoms with E-state index in [1.165, 1.54) is 0 Å². The largest absolute Gasteiger partial charge is 0.481 e. The third-order valence-corrected chi connectivity index (χ3v) is 5.21. The zero-order chi connectivity index (χ0) is 19.5. The molecule has 0 spiro atoms. The maximum Gasteiger partial charge on any atom is 0.307 e. The topological polar surface area (TPSA) is 58.6 Å². The van der Waals surface area contributed by atoms with Crippen molar-refractivity contribution in [3.05, 3.63) is 88.9 Å². The monoisotopic (exact) mass is 393 g/mol. The lowest BCUT2D eigenvalue weighted by Gasteiger charge is -2.11. The van der Waals surface area contributed by atoms with Gasteiger partial charge in [-0.3, -0.25) is 4.79 Å². The summed E-state index contributed by atoms with van der Waals surface area (Å²) in [6, 6.07) is 23.3. The molecule has 0 aromatic heterocycles. The first-order valence-corrected chi connectivity index (χ1v) is 9.56. The van der Waals surface area contributed by atoms with Gasteiger partial charge in [0.1, 0.15) is 11.5 Å². The van der Waals surface area contributed by atoms with E-state index < -0.39 is 5.97 Å². The number of hydrogen-bond acceptors (Lipinski definition) is 3. The molecule has 4 rings (SSSR count). The van der Waals surface area contributed by atoms with E-state index in [-0.39, 0.29) is 11.8 Å². The number of carboxylic acids is 1. The number of anilines is 1. The van der Waals surface area contributed by atoms with Gasteiger partial charge in [0.05, 0.1) is 5.92 Å². The second-order valence-corrected chi connectivity index (χ2v) is 7.35. The van der Waals surface area contributed by atoms with Crippen LogP contribution in [0.4, 0.5) is 5.69 Å². The minimum atomic E-state index is -0.749. The fourth-order valence-corrected chi connectivity index (χ4v) is 3.62. The first-order chi connectivity index (χ1) is 13.6. The molecule has 0 amide bonds. The van der Waals surface area contributed by atoms with Crippen LogP contribution in [-0.2, 0) is 11.3 Å². The van der Waals surface area contributed by atoms with E-state index in [2.05, 4.69) is 5.32 Å². The van der Waals surface area contributed by atoms with Crippen molar-refractivity contribution in [2.45, 2.75) is 18.9 Å². The number of benzene rings is 3. The molecule has 1 aliphatic rings. The number of ether oxygens (including phenoxy) is 1. The maximum atomic E-state index is 11.1. The van der Waals surface area contributed by atoms with Gasteiger partial charge in [-0.1, -0.05) is 48.0 Å². The van der Waals surface area contributed by atoms with Crippen LogP contribution in [0.3, 0.4) is 0 Å². The summed E-state index contributed by atoms with van der Waals surface area (Å²) < 4.78 is 5.87. The number of carbonyl (C=O) groups is 1. The van der Waals surface area contributed by atoms with Crippen LogP contribution in [-0.4, -0.2) is 11.1 Å². The number of aliphatic carboxylic acids is 1. The fourth-order valence-electron chi connectivity index (χ4n) is 3.30. The van der Waals surface area contributed by atoms with Crippen LogP contribution in [0, 0.1) is 5.92 Å². The van der Waals surface area contributed by atoms with Gasteiger partial charge in [-0.2, -0.15) is 0 Å². The Morgan fingerprint density at radius 1 is 1.04 bits per heavy atom. The summed E-state index contributed by atoms with van der Waals surface area (Å²) >= 11 is 6.38. The highest BCUT2D eigenvalue weighted by Crippen LogP contribution is 2.50. The molecule has 2 atom stereocenters. The van der Waals surface area contributed by atoms with Gasteiger partial charge in [-0.25, -0.2) is 0 Å². The first-order valence-electron chi connectivity index (χ1n) is 9.18. The molecule has 3 aromatic carbocycles. The lowest BCUT2D eigenvalue weighted by molar-refractivity contribution is -0.138. The van der Waals surface area contributed by atoms with Gasteiger partial charge < -0.3 is 15.2 Å². The Balaban J connectivity index is 1.39. The van der Waals surface area contributed by atoms with E-state index in [9.17, 15) is 4.79 Å². The van der Waals surface area contributed by atoms with Crippen LogP contribution in [0.5, 0.6) is 11.5 Å². The molecule has 0 aliphatic heterocycles. The summed E-state index contributed by atoms with van der Waals surface area (Å²) in [6.45, 7) is 0.628. The zero-order valence-electron chi connectivity index (χ0n) is 15.1. The van der Waals surface area contributed by atoms with E-state index >= 15 is 0 Å². The molecule has 2 N–H and O–H groups in total. The molecule has 1 saturated carbocycles. The molecule has 3 aromatic rings. The maximum absolute atomic E-state index is 11.1. The van der Waals surface area contributed by atoms with E-state index in [1.54, 1.807) is 0 Å². The second-order valence-electron chi connectivity index (χ2n) is 6.94. The SMILES string of the molecule is O=C(O)C1CC1c1ccc(NCc2cccc(Oc3ccccc3)c2)cc1Cl. The molecule has 0 saturated heterocycles. The third kappa shape index (κ3) is 4.29. The average molecular weight is 394 g/mol. The van der Waals surface area contributed by atoms with Crippen molar-refractivity contribution in [2.75, 3.05) is 5.32 Å². The molecule has 2 unspecified atom stereocenters. The number of halogens is 1. The van der Waals surface area contributed by atoms with Gasteiger partial charge in [0.2, 0.25) is 0 Å². The molecule has 4 nitrogen and oxygen atoms in total. The summed E-state index contributed by atoms with van der Waals surface area (Å²) in [6.07, 6.45) is 0.663. The van der Waals surface area contributed by atoms with Crippen molar-refractivity contribution in [1.29, 1.82) is 0 Å². The van der Waals surface area contributed by atoms with Crippen LogP contribution in [0.2, 0.25) is 5.02 Å². The van der Waals surface area contributed by atoms with Crippen LogP contribution >= 0.6 is 11.6 Å². The average Bonchev–Trinajstić information content (AvgIpc) is 3.48. The van der Waals surface area contributed by atoms with Crippen molar-refractivity contribution >= 4 is 23.3 Å². The number of nitrogens with one attached hydrogen (secondary N) is 1. The molecule has 28 heavy (non-hydrogen) atoms. The molecule has 1 aliphatic carbocycles. The van der Waals surface area contributed by atoms with Crippen molar-refractivity contribution in [2.24, 2.45) is 5.92 Å². The Morgan fingerprint density at radius 3 is 2.54 bits per heavy atom. The highest BCUT2D eigenvalue weighted by atomic mass is 35.5. The van der Waals surface area contributed by atoms with Gasteiger partial charge in [0.25, 0.3) is 0 Å². The quantitative estimate of drug-likeness (QED) is 0.522. The van der Waals surface area contributed by atoms with E-state index in [1.807, 2.05) is 72.8 Å². The van der Waals surface area contributed by atoms with Gasteiger partial charge >= 0.3 is 5.97 Å². The minimum Gasteiger partial charge on any atom is -0.481 e. The molecule has 0 heterocycles. The van der Waals surface area contributed by atoms with Crippen molar-refractivity contribution in [3.63, 3.8) is 0 Å². The third-order valence-electron chi connectivity index (χ3n) is 4.88. The molecular weight excluding hydrogens is 374 g/mol. The lowest BCUT2D eigenvalue weighted by Crippen LogP contribution is -2.01. The smallest absolute Gasteiger partial charge is 0.307 e. The molecule has 142 valence electrons. The fraction of sp³-hybridized carbons (Fsp3) is 0.174. The van der Waals surface area contributed by atoms with Crippen LogP contribution < -0.4 is 10.1 Å². The summed E-state index contributed by atoms with van der Waals surface area (Å²) in [5, 5.41) is 13.1. The van der Waals surface area contributed by atoms with E-state index in [4.69, 9.17) is 21.4 Å². The molecule has 5 heteroatoms. The van der Waals surface area contributed by atoms with Crippen LogP contribution in [0.15, 0.2) is 72.8 Å². The summed E-state index contributed by atoms with van der Waals surface area (Å²) in [5.74, 6) is 0.567. The summed E-state index contributed by atoms with van der Waals surface area (Å²) in [5.41, 5.74) is 2.90. The highest BCUT2D eigenvalue weighted by Gasteiger charge is 2.45. The van der Waals surface area contributed by atoms with E-state index in [0.29, 0.717) is 18.0 Å². The van der Waals surface area contributed by atoms with Gasteiger partial charge in [-0.15, -0.1) is 0 Å². The standard InChI is InChI=1S/C23H20ClNO3/c24-22-12-16(9-10-19(22)20-13-21(20)23(26)27)25-14-15-5-4-8-18(11-15)28-17-6-2-1-3-7-17/h1-12,20-21,25H,13-14H2,(H,26,27). The Kier molecular flexibility index (Phi) is 5.22. The zero-order valence-corrected chi connectivity index (χ0v) is 15.9. The highest BCUT2D eigenvalue weighted by molar-refractivity contribution is 6.31. The first kappa shape index (κ1) is 18.4. The Labute approximate surface area is 168 Å². The molecular formula is C23H20ClNO3. The molecule has 0 radical (unpaired) electrons. The number of rotatable bonds is 7. The Bertz CT molecular complexity index is 990. The summed E-state index contributed by atoms with van der Waals surface area (Å²) in [7, 11) is 0. The summed E-state index contributed by atoms with van der Waals surface area (Å²) in [4.78, 5) is 11.1. The van der Waals surface area contributed by atoms with Crippen molar-refractivity contribution in [3.8, 4) is 11.5 Å². The Morgan fingerprint density at radius 2 is 1.82 bits per heavy atom. The van der Waals surface area contributed by atoms with Crippen molar-refractivity contribution < 1.29 is 14.6 Å². The van der Waals surface area contributed by atoms with Gasteiger partial charge in [0.15, 0.2) is 0 Å². The van der Waals surface area contributed by atoms with Gasteiger partial charge in [0, 0.05) is 17.3 Å². The Hall–Kier alpha value is -2.98. The van der Waals surface area contributed by atoms with Gasteiger partial charge in [-0.05, 0) is 59.9 Å². The van der Waals surface area contributed by atoms with Crippen LogP contribution in [0.25, 0.3) is 0 Å². The minimum absolute atomic E-state index is 0.0332. The number of para-hydroxylation sites is 1. The lowest BCUT2D eigenvalue weighted by atomic mass is 10.1. The van der Waals surface area contributed by atoms with E-state index in [0.717, 1.165) is 28.3 Å². The molecule has 0 bridgehead atoms.